The summed E-state index contributed by atoms with van der Waals surface area (Å²) in [6.45, 7) is 4.22. The van der Waals surface area contributed by atoms with Crippen molar-refractivity contribution in [3.63, 3.8) is 0 Å². The highest BCUT2D eigenvalue weighted by molar-refractivity contribution is 5.82. The highest BCUT2D eigenvalue weighted by atomic mass is 16.2. The number of hydrogen-bond acceptors (Lipinski definition) is 1. The number of rotatable bonds is 1. The Labute approximate surface area is 103 Å². The fourth-order valence-electron chi connectivity index (χ4n) is 2.71. The van der Waals surface area contributed by atoms with Gasteiger partial charge in [-0.25, -0.2) is 0 Å². The van der Waals surface area contributed by atoms with E-state index in [1.807, 2.05) is 0 Å². The molecule has 2 heteroatoms. The number of aryl methyl sites for hydroxylation is 3. The van der Waals surface area contributed by atoms with E-state index in [0.717, 1.165) is 25.7 Å². The van der Waals surface area contributed by atoms with Crippen LogP contribution in [0.2, 0.25) is 0 Å². The fourth-order valence-corrected chi connectivity index (χ4v) is 2.71. The summed E-state index contributed by atoms with van der Waals surface area (Å²) in [4.78, 5) is 11.9. The Balaban J connectivity index is 2.24. The number of amides is 1. The summed E-state index contributed by atoms with van der Waals surface area (Å²) in [6.07, 6.45) is 3.92. The van der Waals surface area contributed by atoms with Gasteiger partial charge < -0.3 is 5.32 Å². The highest BCUT2D eigenvalue weighted by Crippen LogP contribution is 2.34. The Bertz CT molecular complexity index is 439. The highest BCUT2D eigenvalue weighted by Gasteiger charge is 2.33. The molecule has 1 amide bonds. The second-order valence-corrected chi connectivity index (χ2v) is 5.41. The second-order valence-electron chi connectivity index (χ2n) is 5.41. The molecule has 2 nitrogen and oxygen atoms in total. The van der Waals surface area contributed by atoms with E-state index in [4.69, 9.17) is 0 Å². The smallest absolute Gasteiger partial charge is 0.225 e. The third-order valence-corrected chi connectivity index (χ3v) is 4.03. The van der Waals surface area contributed by atoms with Crippen LogP contribution < -0.4 is 5.32 Å². The molecule has 1 unspecified atom stereocenters. The minimum atomic E-state index is -0.207. The molecular formula is C15H21NO. The predicted molar refractivity (Wildman–Crippen MR) is 70.0 cm³/mol. The standard InChI is InChI=1S/C15H21NO/c1-11-4-5-12-6-8-15(2,14(17)16-3)9-7-13(12)10-11/h4-5,10H,6-9H2,1-3H3,(H,16,17). The maximum Gasteiger partial charge on any atom is 0.225 e. The normalized spacial score (nSPS) is 23.7. The van der Waals surface area contributed by atoms with E-state index in [1.54, 1.807) is 7.05 Å². The molecule has 2 rings (SSSR count). The number of hydrogen-bond donors (Lipinski definition) is 1. The van der Waals surface area contributed by atoms with Crippen LogP contribution in [-0.2, 0) is 17.6 Å². The Hall–Kier alpha value is -1.31. The average Bonchev–Trinajstić information content (AvgIpc) is 2.49. The summed E-state index contributed by atoms with van der Waals surface area (Å²) in [5, 5.41) is 2.80. The van der Waals surface area contributed by atoms with Gasteiger partial charge in [-0.3, -0.25) is 4.79 Å². The van der Waals surface area contributed by atoms with E-state index in [-0.39, 0.29) is 11.3 Å². The molecule has 1 aromatic carbocycles. The maximum absolute atomic E-state index is 11.9. The number of fused-ring (bicyclic) bond motifs is 1. The van der Waals surface area contributed by atoms with Crippen molar-refractivity contribution in [1.82, 2.24) is 5.32 Å². The van der Waals surface area contributed by atoms with Gasteiger partial charge in [-0.2, -0.15) is 0 Å². The zero-order chi connectivity index (χ0) is 12.5. The van der Waals surface area contributed by atoms with Gasteiger partial charge in [0, 0.05) is 12.5 Å². The number of benzene rings is 1. The fraction of sp³-hybridized carbons (Fsp3) is 0.533. The van der Waals surface area contributed by atoms with Crippen molar-refractivity contribution in [2.75, 3.05) is 7.05 Å². The zero-order valence-electron chi connectivity index (χ0n) is 11.0. The van der Waals surface area contributed by atoms with Crippen LogP contribution in [0.5, 0.6) is 0 Å². The van der Waals surface area contributed by atoms with Gasteiger partial charge in [0.25, 0.3) is 0 Å². The molecule has 0 bridgehead atoms. The lowest BCUT2D eigenvalue weighted by Gasteiger charge is -2.25. The lowest BCUT2D eigenvalue weighted by molar-refractivity contribution is -0.130. The molecule has 0 saturated carbocycles. The molecule has 92 valence electrons. The number of nitrogens with one attached hydrogen (secondary N) is 1. The minimum Gasteiger partial charge on any atom is -0.359 e. The molecular weight excluding hydrogens is 210 g/mol. The van der Waals surface area contributed by atoms with Crippen LogP contribution in [0.4, 0.5) is 0 Å². The van der Waals surface area contributed by atoms with Crippen LogP contribution in [0.1, 0.15) is 36.5 Å². The maximum atomic E-state index is 11.9. The Morgan fingerprint density at radius 1 is 1.24 bits per heavy atom. The molecule has 1 aliphatic carbocycles. The van der Waals surface area contributed by atoms with Crippen molar-refractivity contribution < 1.29 is 4.79 Å². The van der Waals surface area contributed by atoms with E-state index < -0.39 is 0 Å². The third kappa shape index (κ3) is 2.36. The SMILES string of the molecule is CNC(=O)C1(C)CCc2ccc(C)cc2CC1. The number of carbonyl (C=O) groups excluding carboxylic acids is 1. The van der Waals surface area contributed by atoms with Crippen molar-refractivity contribution in [2.24, 2.45) is 5.41 Å². The van der Waals surface area contributed by atoms with Gasteiger partial charge in [-0.15, -0.1) is 0 Å². The van der Waals surface area contributed by atoms with E-state index in [0.29, 0.717) is 0 Å². The molecule has 0 fully saturated rings. The molecule has 0 aliphatic heterocycles. The van der Waals surface area contributed by atoms with E-state index >= 15 is 0 Å². The minimum absolute atomic E-state index is 0.182. The van der Waals surface area contributed by atoms with Crippen LogP contribution in [0, 0.1) is 12.3 Å². The summed E-state index contributed by atoms with van der Waals surface area (Å²) in [5.74, 6) is 0.182. The molecule has 0 saturated heterocycles. The van der Waals surface area contributed by atoms with E-state index in [1.165, 1.54) is 16.7 Å². The van der Waals surface area contributed by atoms with Crippen LogP contribution in [-0.4, -0.2) is 13.0 Å². The summed E-state index contributed by atoms with van der Waals surface area (Å²) >= 11 is 0. The molecule has 1 N–H and O–H groups in total. The van der Waals surface area contributed by atoms with Crippen molar-refractivity contribution in [3.8, 4) is 0 Å². The summed E-state index contributed by atoms with van der Waals surface area (Å²) in [5.41, 5.74) is 3.95. The van der Waals surface area contributed by atoms with Gasteiger partial charge in [0.05, 0.1) is 0 Å². The quantitative estimate of drug-likeness (QED) is 0.740. The molecule has 0 aromatic heterocycles. The molecule has 1 aromatic rings. The molecule has 17 heavy (non-hydrogen) atoms. The lowest BCUT2D eigenvalue weighted by atomic mass is 9.81. The van der Waals surface area contributed by atoms with Gasteiger partial charge in [-0.05, 0) is 43.7 Å². The topological polar surface area (TPSA) is 29.1 Å². The monoisotopic (exact) mass is 231 g/mol. The molecule has 0 heterocycles. The first-order valence-electron chi connectivity index (χ1n) is 6.36. The Morgan fingerprint density at radius 2 is 1.88 bits per heavy atom. The first kappa shape index (κ1) is 12.2. The molecule has 0 spiro atoms. The van der Waals surface area contributed by atoms with Gasteiger partial charge in [0.2, 0.25) is 5.91 Å². The summed E-state index contributed by atoms with van der Waals surface area (Å²) < 4.78 is 0. The van der Waals surface area contributed by atoms with Crippen LogP contribution in [0.15, 0.2) is 18.2 Å². The Kier molecular flexibility index (Phi) is 3.23. The van der Waals surface area contributed by atoms with E-state index in [9.17, 15) is 4.79 Å². The van der Waals surface area contributed by atoms with Crippen LogP contribution in [0.25, 0.3) is 0 Å². The van der Waals surface area contributed by atoms with Gasteiger partial charge in [0.1, 0.15) is 0 Å². The van der Waals surface area contributed by atoms with Gasteiger partial charge in [-0.1, -0.05) is 30.7 Å². The first-order chi connectivity index (χ1) is 8.05. The van der Waals surface area contributed by atoms with Crippen molar-refractivity contribution >= 4 is 5.91 Å². The molecule has 1 atom stereocenters. The number of carbonyl (C=O) groups is 1. The van der Waals surface area contributed by atoms with Gasteiger partial charge >= 0.3 is 0 Å². The first-order valence-corrected chi connectivity index (χ1v) is 6.36. The largest absolute Gasteiger partial charge is 0.359 e. The van der Waals surface area contributed by atoms with Gasteiger partial charge in [0.15, 0.2) is 0 Å². The summed E-state index contributed by atoms with van der Waals surface area (Å²) in [7, 11) is 1.73. The van der Waals surface area contributed by atoms with Crippen molar-refractivity contribution in [2.45, 2.75) is 39.5 Å². The Morgan fingerprint density at radius 3 is 2.53 bits per heavy atom. The third-order valence-electron chi connectivity index (χ3n) is 4.03. The lowest BCUT2D eigenvalue weighted by Crippen LogP contribution is -2.37. The van der Waals surface area contributed by atoms with Crippen molar-refractivity contribution in [1.29, 1.82) is 0 Å². The molecule has 1 aliphatic rings. The average molecular weight is 231 g/mol. The van der Waals surface area contributed by atoms with Crippen LogP contribution in [0.3, 0.4) is 0 Å². The van der Waals surface area contributed by atoms with Crippen molar-refractivity contribution in [3.05, 3.63) is 34.9 Å². The van der Waals surface area contributed by atoms with Crippen LogP contribution >= 0.6 is 0 Å². The summed E-state index contributed by atoms with van der Waals surface area (Å²) in [6, 6.07) is 6.66. The van der Waals surface area contributed by atoms with E-state index in [2.05, 4.69) is 37.4 Å². The predicted octanol–water partition coefficient (Wildman–Crippen LogP) is 2.63. The second kappa shape index (κ2) is 4.52. The molecule has 0 radical (unpaired) electrons. The zero-order valence-corrected chi connectivity index (χ0v) is 11.0.